The number of rotatable bonds is 2. The summed E-state index contributed by atoms with van der Waals surface area (Å²) in [6, 6.07) is 10.3. The molecule has 1 atom stereocenters. The Kier molecular flexibility index (Phi) is 3.42. The largest absolute Gasteiger partial charge is 0.385 e. The van der Waals surface area contributed by atoms with E-state index in [1.807, 2.05) is 24.4 Å². The van der Waals surface area contributed by atoms with Crippen LogP contribution in [-0.4, -0.2) is 10.1 Å². The van der Waals surface area contributed by atoms with Gasteiger partial charge in [-0.1, -0.05) is 24.3 Å². The average molecular weight is 318 g/mol. The Hall–Kier alpha value is -1.19. The summed E-state index contributed by atoms with van der Waals surface area (Å²) in [5.74, 6) is 0. The maximum absolute atomic E-state index is 11.0. The first-order valence-corrected chi connectivity index (χ1v) is 7.37. The van der Waals surface area contributed by atoms with E-state index in [1.54, 1.807) is 6.20 Å². The zero-order chi connectivity index (χ0) is 13.3. The number of halogens is 1. The van der Waals surface area contributed by atoms with Crippen LogP contribution in [0.5, 0.6) is 0 Å². The highest BCUT2D eigenvalue weighted by molar-refractivity contribution is 9.10. The molecule has 98 valence electrons. The van der Waals surface area contributed by atoms with Crippen LogP contribution in [0.1, 0.15) is 29.5 Å². The lowest BCUT2D eigenvalue weighted by molar-refractivity contribution is 0.0189. The Labute approximate surface area is 121 Å². The number of aryl methyl sites for hydroxylation is 1. The molecule has 0 spiro atoms. The lowest BCUT2D eigenvalue weighted by atomic mass is 9.76. The van der Waals surface area contributed by atoms with E-state index in [2.05, 4.69) is 33.0 Å². The van der Waals surface area contributed by atoms with E-state index in [9.17, 15) is 5.11 Å². The van der Waals surface area contributed by atoms with Gasteiger partial charge in [0.1, 0.15) is 0 Å². The van der Waals surface area contributed by atoms with Gasteiger partial charge in [0.05, 0.1) is 5.60 Å². The second-order valence-corrected chi connectivity index (χ2v) is 6.15. The molecule has 0 saturated heterocycles. The van der Waals surface area contributed by atoms with Gasteiger partial charge in [0, 0.05) is 23.3 Å². The minimum absolute atomic E-state index is 0.621. The molecule has 0 amide bonds. The van der Waals surface area contributed by atoms with Gasteiger partial charge in [-0.25, -0.2) is 0 Å². The van der Waals surface area contributed by atoms with Crippen LogP contribution < -0.4 is 0 Å². The minimum Gasteiger partial charge on any atom is -0.385 e. The smallest absolute Gasteiger partial charge is 0.0940 e. The molecule has 0 radical (unpaired) electrons. The summed E-state index contributed by atoms with van der Waals surface area (Å²) in [5, 5.41) is 11.0. The Morgan fingerprint density at radius 2 is 2.11 bits per heavy atom. The second kappa shape index (κ2) is 5.06. The van der Waals surface area contributed by atoms with E-state index in [1.165, 1.54) is 5.56 Å². The number of hydrogen-bond acceptors (Lipinski definition) is 2. The third kappa shape index (κ3) is 2.58. The molecule has 1 unspecified atom stereocenters. The molecule has 0 fully saturated rings. The van der Waals surface area contributed by atoms with E-state index in [-0.39, 0.29) is 0 Å². The fourth-order valence-corrected chi connectivity index (χ4v) is 3.38. The van der Waals surface area contributed by atoms with Gasteiger partial charge in [-0.05, 0) is 57.9 Å². The topological polar surface area (TPSA) is 33.1 Å². The first-order valence-electron chi connectivity index (χ1n) is 6.58. The predicted octanol–water partition coefficient (Wildman–Crippen LogP) is 3.61. The number of aliphatic hydroxyl groups is 1. The van der Waals surface area contributed by atoms with Crippen LogP contribution in [0.3, 0.4) is 0 Å². The van der Waals surface area contributed by atoms with Crippen LogP contribution in [0.25, 0.3) is 0 Å². The molecule has 1 aromatic heterocycles. The highest BCUT2D eigenvalue weighted by Crippen LogP contribution is 2.37. The molecule has 1 aliphatic rings. The molecule has 2 aromatic rings. The van der Waals surface area contributed by atoms with Gasteiger partial charge >= 0.3 is 0 Å². The Morgan fingerprint density at radius 3 is 2.95 bits per heavy atom. The summed E-state index contributed by atoms with van der Waals surface area (Å²) in [5.41, 5.74) is 2.67. The molecule has 2 nitrogen and oxygen atoms in total. The molecule has 3 rings (SSSR count). The highest BCUT2D eigenvalue weighted by Gasteiger charge is 2.34. The third-order valence-corrected chi connectivity index (χ3v) is 4.25. The van der Waals surface area contributed by atoms with Crippen molar-refractivity contribution in [2.45, 2.75) is 31.3 Å². The fourth-order valence-electron chi connectivity index (χ4n) is 2.97. The standard InChI is InChI=1S/C16H16BrNO/c17-14-8-12(10-18-11-14)9-16(19)7-3-5-13-4-1-2-6-15(13)16/h1-2,4,6,8,10-11,19H,3,5,7,9H2. The molecule has 19 heavy (non-hydrogen) atoms. The van der Waals surface area contributed by atoms with Crippen molar-refractivity contribution in [1.82, 2.24) is 4.98 Å². The van der Waals surface area contributed by atoms with Gasteiger partial charge in [-0.2, -0.15) is 0 Å². The number of hydrogen-bond donors (Lipinski definition) is 1. The molecule has 1 heterocycles. The number of pyridine rings is 1. The van der Waals surface area contributed by atoms with Gasteiger partial charge in [-0.3, -0.25) is 4.98 Å². The van der Waals surface area contributed by atoms with Gasteiger partial charge in [0.2, 0.25) is 0 Å². The van der Waals surface area contributed by atoms with Crippen molar-refractivity contribution in [2.75, 3.05) is 0 Å². The zero-order valence-corrected chi connectivity index (χ0v) is 12.2. The Bertz CT molecular complexity index is 599. The molecule has 1 N–H and O–H groups in total. The average Bonchev–Trinajstić information content (AvgIpc) is 2.39. The lowest BCUT2D eigenvalue weighted by Gasteiger charge is -2.34. The summed E-state index contributed by atoms with van der Waals surface area (Å²) in [7, 11) is 0. The van der Waals surface area contributed by atoms with Gasteiger partial charge in [0.15, 0.2) is 0 Å². The van der Waals surface area contributed by atoms with Crippen molar-refractivity contribution in [1.29, 1.82) is 0 Å². The molecular weight excluding hydrogens is 302 g/mol. The van der Waals surface area contributed by atoms with Crippen molar-refractivity contribution >= 4 is 15.9 Å². The maximum Gasteiger partial charge on any atom is 0.0940 e. The quantitative estimate of drug-likeness (QED) is 0.917. The number of aromatic nitrogens is 1. The van der Waals surface area contributed by atoms with Gasteiger partial charge < -0.3 is 5.11 Å². The summed E-state index contributed by atoms with van der Waals surface area (Å²) in [6.45, 7) is 0. The van der Waals surface area contributed by atoms with Crippen LogP contribution in [-0.2, 0) is 18.4 Å². The van der Waals surface area contributed by atoms with Crippen molar-refractivity contribution < 1.29 is 5.11 Å². The lowest BCUT2D eigenvalue weighted by Crippen LogP contribution is -2.33. The highest BCUT2D eigenvalue weighted by atomic mass is 79.9. The normalized spacial score (nSPS) is 22.0. The Balaban J connectivity index is 1.96. The van der Waals surface area contributed by atoms with E-state index in [0.717, 1.165) is 34.9 Å². The third-order valence-electron chi connectivity index (χ3n) is 3.81. The van der Waals surface area contributed by atoms with E-state index in [0.29, 0.717) is 6.42 Å². The van der Waals surface area contributed by atoms with E-state index >= 15 is 0 Å². The van der Waals surface area contributed by atoms with Gasteiger partial charge in [0.25, 0.3) is 0 Å². The minimum atomic E-state index is -0.753. The summed E-state index contributed by atoms with van der Waals surface area (Å²) < 4.78 is 0.956. The van der Waals surface area contributed by atoms with E-state index < -0.39 is 5.60 Å². The van der Waals surface area contributed by atoms with Crippen molar-refractivity contribution in [3.63, 3.8) is 0 Å². The summed E-state index contributed by atoms with van der Waals surface area (Å²) in [4.78, 5) is 4.18. The summed E-state index contributed by atoms with van der Waals surface area (Å²) >= 11 is 3.43. The van der Waals surface area contributed by atoms with Crippen molar-refractivity contribution in [2.24, 2.45) is 0 Å². The SMILES string of the molecule is OC1(Cc2cncc(Br)c2)CCCc2ccccc21. The molecule has 3 heteroatoms. The van der Waals surface area contributed by atoms with Crippen LogP contribution in [0, 0.1) is 0 Å². The zero-order valence-electron chi connectivity index (χ0n) is 10.6. The Morgan fingerprint density at radius 1 is 1.26 bits per heavy atom. The van der Waals surface area contributed by atoms with Crippen LogP contribution in [0.2, 0.25) is 0 Å². The monoisotopic (exact) mass is 317 g/mol. The molecule has 0 saturated carbocycles. The number of fused-ring (bicyclic) bond motifs is 1. The summed E-state index contributed by atoms with van der Waals surface area (Å²) in [6.07, 6.45) is 7.14. The molecule has 0 bridgehead atoms. The fraction of sp³-hybridized carbons (Fsp3) is 0.312. The van der Waals surface area contributed by atoms with Crippen molar-refractivity contribution in [3.05, 3.63) is 63.9 Å². The molecule has 1 aliphatic carbocycles. The first kappa shape index (κ1) is 12.8. The first-order chi connectivity index (χ1) is 9.17. The molecular formula is C16H16BrNO. The van der Waals surface area contributed by atoms with Crippen molar-refractivity contribution in [3.8, 4) is 0 Å². The van der Waals surface area contributed by atoms with Gasteiger partial charge in [-0.15, -0.1) is 0 Å². The van der Waals surface area contributed by atoms with Crippen LogP contribution >= 0.6 is 15.9 Å². The molecule has 1 aromatic carbocycles. The number of nitrogens with zero attached hydrogens (tertiary/aromatic N) is 1. The number of benzene rings is 1. The maximum atomic E-state index is 11.0. The van der Waals surface area contributed by atoms with E-state index in [4.69, 9.17) is 0 Å². The van der Waals surface area contributed by atoms with Crippen LogP contribution in [0.4, 0.5) is 0 Å². The predicted molar refractivity (Wildman–Crippen MR) is 78.9 cm³/mol. The van der Waals surface area contributed by atoms with Crippen LogP contribution in [0.15, 0.2) is 47.2 Å². The molecule has 0 aliphatic heterocycles. The second-order valence-electron chi connectivity index (χ2n) is 5.23.